The summed E-state index contributed by atoms with van der Waals surface area (Å²) in [5.74, 6) is 1.40. The van der Waals surface area contributed by atoms with E-state index in [1.54, 1.807) is 11.8 Å². The average Bonchev–Trinajstić information content (AvgIpc) is 2.75. The van der Waals surface area contributed by atoms with Gasteiger partial charge in [-0.25, -0.2) is 0 Å². The molecular weight excluding hydrogens is 220 g/mol. The second kappa shape index (κ2) is 5.37. The van der Waals surface area contributed by atoms with Gasteiger partial charge >= 0.3 is 0 Å². The summed E-state index contributed by atoms with van der Waals surface area (Å²) in [5.41, 5.74) is 0.974. The molecule has 0 bridgehead atoms. The van der Waals surface area contributed by atoms with Crippen LogP contribution in [0, 0.1) is 0 Å². The highest BCUT2D eigenvalue weighted by Crippen LogP contribution is 2.16. The summed E-state index contributed by atoms with van der Waals surface area (Å²) in [6, 6.07) is 9.82. The molecule has 4 nitrogen and oxygen atoms in total. The Morgan fingerprint density at radius 1 is 1.38 bits per heavy atom. The Kier molecular flexibility index (Phi) is 3.61. The maximum Gasteiger partial charge on any atom is 0.247 e. The molecule has 2 rings (SSSR count). The van der Waals surface area contributed by atoms with Crippen molar-refractivity contribution in [3.63, 3.8) is 0 Å². The fourth-order valence-corrected chi connectivity index (χ4v) is 1.69. The third kappa shape index (κ3) is 2.87. The molecule has 0 saturated heterocycles. The zero-order valence-electron chi connectivity index (χ0n) is 8.68. The zero-order chi connectivity index (χ0) is 11.2. The fourth-order valence-electron chi connectivity index (χ4n) is 1.16. The summed E-state index contributed by atoms with van der Waals surface area (Å²) >= 11 is 1.56. The maximum absolute atomic E-state index is 4.28. The van der Waals surface area contributed by atoms with E-state index in [0.29, 0.717) is 5.95 Å². The Morgan fingerprint density at radius 3 is 2.94 bits per heavy atom. The molecule has 2 aromatic rings. The van der Waals surface area contributed by atoms with Crippen LogP contribution in [0.4, 0.5) is 11.6 Å². The van der Waals surface area contributed by atoms with Gasteiger partial charge in [0.15, 0.2) is 5.16 Å². The van der Waals surface area contributed by atoms with E-state index in [-0.39, 0.29) is 0 Å². The summed E-state index contributed by atoms with van der Waals surface area (Å²) in [5, 5.41) is 10.8. The highest BCUT2D eigenvalue weighted by Gasteiger charge is 2.02. The average molecular weight is 232 g/mol. The second-order valence-electron chi connectivity index (χ2n) is 3.05. The van der Waals surface area contributed by atoms with Gasteiger partial charge in [0.2, 0.25) is 5.95 Å². The lowest BCUT2D eigenvalue weighted by atomic mass is 10.3. The normalized spacial score (nSPS) is 10.0. The van der Waals surface area contributed by atoms with E-state index in [1.165, 1.54) is 0 Å². The van der Waals surface area contributed by atoms with Crippen LogP contribution in [0.3, 0.4) is 0 Å². The van der Waals surface area contributed by atoms with Gasteiger partial charge in [-0.15, -0.1) is 11.7 Å². The molecule has 0 fully saturated rings. The molecule has 0 aliphatic carbocycles. The molecule has 16 heavy (non-hydrogen) atoms. The first-order chi connectivity index (χ1) is 7.88. The highest BCUT2D eigenvalue weighted by atomic mass is 32.2. The van der Waals surface area contributed by atoms with Crippen LogP contribution in [0.25, 0.3) is 0 Å². The Balaban J connectivity index is 2.00. The van der Waals surface area contributed by atoms with Gasteiger partial charge in [-0.1, -0.05) is 36.0 Å². The summed E-state index contributed by atoms with van der Waals surface area (Å²) in [6.07, 6.45) is 1.83. The smallest absolute Gasteiger partial charge is 0.247 e. The molecule has 1 heterocycles. The van der Waals surface area contributed by atoms with E-state index >= 15 is 0 Å². The molecule has 1 aromatic carbocycles. The van der Waals surface area contributed by atoms with Crippen molar-refractivity contribution in [3.8, 4) is 0 Å². The quantitative estimate of drug-likeness (QED) is 0.615. The third-order valence-corrected chi connectivity index (χ3v) is 2.69. The van der Waals surface area contributed by atoms with Gasteiger partial charge in [-0.05, 0) is 12.1 Å². The Labute approximate surface area is 98.2 Å². The van der Waals surface area contributed by atoms with Gasteiger partial charge in [0, 0.05) is 11.4 Å². The number of nitrogens with one attached hydrogen (secondary N) is 2. The van der Waals surface area contributed by atoms with Gasteiger partial charge in [0.1, 0.15) is 0 Å². The van der Waals surface area contributed by atoms with Crippen LogP contribution < -0.4 is 5.32 Å². The van der Waals surface area contributed by atoms with E-state index in [1.807, 2.05) is 36.4 Å². The minimum atomic E-state index is 0.581. The predicted octanol–water partition coefficient (Wildman–Crippen LogP) is 2.83. The number of anilines is 2. The lowest BCUT2D eigenvalue weighted by Crippen LogP contribution is -1.91. The first-order valence-electron chi connectivity index (χ1n) is 4.86. The Hall–Kier alpha value is -1.75. The van der Waals surface area contributed by atoms with Crippen molar-refractivity contribution < 1.29 is 0 Å². The van der Waals surface area contributed by atoms with Crippen LogP contribution in [0.5, 0.6) is 0 Å². The molecule has 82 valence electrons. The van der Waals surface area contributed by atoms with Gasteiger partial charge in [-0.2, -0.15) is 4.98 Å². The van der Waals surface area contributed by atoms with Crippen LogP contribution >= 0.6 is 11.8 Å². The molecule has 2 N–H and O–H groups in total. The molecule has 0 unspecified atom stereocenters. The molecule has 0 aliphatic heterocycles. The van der Waals surface area contributed by atoms with E-state index < -0.39 is 0 Å². The van der Waals surface area contributed by atoms with E-state index in [0.717, 1.165) is 16.6 Å². The number of aromatic nitrogens is 3. The number of benzene rings is 1. The first-order valence-corrected chi connectivity index (χ1v) is 5.85. The highest BCUT2D eigenvalue weighted by molar-refractivity contribution is 7.99. The van der Waals surface area contributed by atoms with Gasteiger partial charge in [-0.3, -0.25) is 5.10 Å². The van der Waals surface area contributed by atoms with Crippen molar-refractivity contribution in [2.24, 2.45) is 0 Å². The molecular formula is C11H12N4S. The number of thioether (sulfide) groups is 1. The van der Waals surface area contributed by atoms with Crippen molar-refractivity contribution in [2.75, 3.05) is 11.1 Å². The molecule has 0 saturated carbocycles. The lowest BCUT2D eigenvalue weighted by Gasteiger charge is -1.98. The topological polar surface area (TPSA) is 53.6 Å². The van der Waals surface area contributed by atoms with Crippen LogP contribution in [0.15, 0.2) is 48.1 Å². The zero-order valence-corrected chi connectivity index (χ0v) is 9.50. The summed E-state index contributed by atoms with van der Waals surface area (Å²) < 4.78 is 0. The van der Waals surface area contributed by atoms with Crippen LogP contribution in [-0.4, -0.2) is 20.9 Å². The first kappa shape index (κ1) is 10.8. The number of nitrogens with zero attached hydrogens (tertiary/aromatic N) is 2. The lowest BCUT2D eigenvalue weighted by molar-refractivity contribution is 0.975. The number of H-pyrrole nitrogens is 1. The molecule has 0 aliphatic rings. The van der Waals surface area contributed by atoms with Crippen molar-refractivity contribution in [1.82, 2.24) is 15.2 Å². The number of para-hydroxylation sites is 1. The van der Waals surface area contributed by atoms with Crippen LogP contribution in [0.2, 0.25) is 0 Å². The SMILES string of the molecule is C=CCSc1nc(Nc2ccccc2)n[nH]1. The third-order valence-electron chi connectivity index (χ3n) is 1.83. The molecule has 5 heteroatoms. The summed E-state index contributed by atoms with van der Waals surface area (Å²) in [4.78, 5) is 4.28. The number of hydrogen-bond donors (Lipinski definition) is 2. The maximum atomic E-state index is 4.28. The molecule has 0 atom stereocenters. The van der Waals surface area contributed by atoms with Gasteiger partial charge in [0.25, 0.3) is 0 Å². The summed E-state index contributed by atoms with van der Waals surface area (Å²) in [7, 11) is 0. The van der Waals surface area contributed by atoms with E-state index in [9.17, 15) is 0 Å². The Morgan fingerprint density at radius 2 is 2.19 bits per heavy atom. The van der Waals surface area contributed by atoms with E-state index in [4.69, 9.17) is 0 Å². The predicted molar refractivity (Wildman–Crippen MR) is 67.0 cm³/mol. The van der Waals surface area contributed by atoms with E-state index in [2.05, 4.69) is 27.1 Å². The van der Waals surface area contributed by atoms with Crippen molar-refractivity contribution >= 4 is 23.4 Å². The van der Waals surface area contributed by atoms with Crippen molar-refractivity contribution in [3.05, 3.63) is 43.0 Å². The van der Waals surface area contributed by atoms with Crippen LogP contribution in [-0.2, 0) is 0 Å². The number of aromatic amines is 1. The molecule has 1 aromatic heterocycles. The van der Waals surface area contributed by atoms with Crippen molar-refractivity contribution in [2.45, 2.75) is 5.16 Å². The molecule has 0 amide bonds. The molecule has 0 radical (unpaired) electrons. The Bertz CT molecular complexity index is 452. The summed E-state index contributed by atoms with van der Waals surface area (Å²) in [6.45, 7) is 3.65. The van der Waals surface area contributed by atoms with Gasteiger partial charge < -0.3 is 5.32 Å². The standard InChI is InChI=1S/C11H12N4S/c1-2-8-16-11-13-10(14-15-11)12-9-6-4-3-5-7-9/h2-7H,1,8H2,(H2,12,13,14,15). The van der Waals surface area contributed by atoms with Crippen molar-refractivity contribution in [1.29, 1.82) is 0 Å². The fraction of sp³-hybridized carbons (Fsp3) is 0.0909. The largest absolute Gasteiger partial charge is 0.323 e. The second-order valence-corrected chi connectivity index (χ2v) is 4.06. The number of hydrogen-bond acceptors (Lipinski definition) is 4. The minimum absolute atomic E-state index is 0.581. The van der Waals surface area contributed by atoms with Crippen LogP contribution in [0.1, 0.15) is 0 Å². The van der Waals surface area contributed by atoms with Gasteiger partial charge in [0.05, 0.1) is 0 Å². The minimum Gasteiger partial charge on any atom is -0.323 e. The monoisotopic (exact) mass is 232 g/mol. The molecule has 0 spiro atoms. The number of rotatable bonds is 5.